The SMILES string of the molecule is CCCC/C=C\CCOC(CC)C(=O)O. The van der Waals surface area contributed by atoms with Crippen LogP contribution in [0.25, 0.3) is 0 Å². The van der Waals surface area contributed by atoms with E-state index in [1.807, 2.05) is 6.92 Å². The zero-order valence-corrected chi connectivity index (χ0v) is 9.74. The predicted octanol–water partition coefficient (Wildman–Crippen LogP) is 3.00. The summed E-state index contributed by atoms with van der Waals surface area (Å²) in [4.78, 5) is 10.6. The highest BCUT2D eigenvalue weighted by molar-refractivity contribution is 5.72. The van der Waals surface area contributed by atoms with Crippen molar-refractivity contribution >= 4 is 5.97 Å². The summed E-state index contributed by atoms with van der Waals surface area (Å²) in [5.41, 5.74) is 0. The molecule has 0 aliphatic heterocycles. The second-order valence-electron chi connectivity index (χ2n) is 3.51. The van der Waals surface area contributed by atoms with Crippen LogP contribution in [0.1, 0.15) is 46.0 Å². The van der Waals surface area contributed by atoms with Crippen LogP contribution in [0.5, 0.6) is 0 Å². The molecule has 88 valence electrons. The fourth-order valence-corrected chi connectivity index (χ4v) is 1.20. The number of hydrogen-bond donors (Lipinski definition) is 1. The first-order valence-electron chi connectivity index (χ1n) is 5.71. The van der Waals surface area contributed by atoms with Crippen molar-refractivity contribution in [3.63, 3.8) is 0 Å². The molecule has 0 spiro atoms. The van der Waals surface area contributed by atoms with Gasteiger partial charge in [-0.2, -0.15) is 0 Å². The smallest absolute Gasteiger partial charge is 0.332 e. The van der Waals surface area contributed by atoms with Crippen molar-refractivity contribution in [2.24, 2.45) is 0 Å². The molecule has 0 saturated heterocycles. The lowest BCUT2D eigenvalue weighted by molar-refractivity contribution is -0.150. The quantitative estimate of drug-likeness (QED) is 0.474. The van der Waals surface area contributed by atoms with Gasteiger partial charge in [-0.05, 0) is 19.3 Å². The van der Waals surface area contributed by atoms with Gasteiger partial charge in [0.25, 0.3) is 0 Å². The van der Waals surface area contributed by atoms with Gasteiger partial charge in [0, 0.05) is 0 Å². The van der Waals surface area contributed by atoms with Crippen molar-refractivity contribution < 1.29 is 14.6 Å². The second kappa shape index (κ2) is 9.71. The van der Waals surface area contributed by atoms with Gasteiger partial charge in [0.1, 0.15) is 0 Å². The van der Waals surface area contributed by atoms with Crippen molar-refractivity contribution in [3.8, 4) is 0 Å². The summed E-state index contributed by atoms with van der Waals surface area (Å²) >= 11 is 0. The van der Waals surface area contributed by atoms with Crippen LogP contribution in [0.15, 0.2) is 12.2 Å². The Morgan fingerprint density at radius 1 is 1.33 bits per heavy atom. The molecule has 1 unspecified atom stereocenters. The monoisotopic (exact) mass is 214 g/mol. The molecule has 0 aromatic heterocycles. The van der Waals surface area contributed by atoms with E-state index in [9.17, 15) is 4.79 Å². The largest absolute Gasteiger partial charge is 0.479 e. The molecule has 3 heteroatoms. The first-order chi connectivity index (χ1) is 7.22. The zero-order chi connectivity index (χ0) is 11.5. The van der Waals surface area contributed by atoms with Gasteiger partial charge < -0.3 is 9.84 Å². The number of carboxylic acid groups (broad SMARTS) is 1. The summed E-state index contributed by atoms with van der Waals surface area (Å²) in [6, 6.07) is 0. The van der Waals surface area contributed by atoms with Gasteiger partial charge >= 0.3 is 5.97 Å². The van der Waals surface area contributed by atoms with E-state index >= 15 is 0 Å². The highest BCUT2D eigenvalue weighted by Crippen LogP contribution is 2.00. The van der Waals surface area contributed by atoms with Crippen LogP contribution in [0.4, 0.5) is 0 Å². The molecule has 0 saturated carbocycles. The number of aliphatic carboxylic acids is 1. The minimum atomic E-state index is -0.868. The maximum Gasteiger partial charge on any atom is 0.332 e. The molecular formula is C12H22O3. The fraction of sp³-hybridized carbons (Fsp3) is 0.750. The van der Waals surface area contributed by atoms with Gasteiger partial charge in [-0.1, -0.05) is 38.8 Å². The van der Waals surface area contributed by atoms with Crippen LogP contribution < -0.4 is 0 Å². The number of unbranched alkanes of at least 4 members (excludes halogenated alkanes) is 2. The van der Waals surface area contributed by atoms with Gasteiger partial charge in [-0.15, -0.1) is 0 Å². The van der Waals surface area contributed by atoms with Crippen molar-refractivity contribution in [3.05, 3.63) is 12.2 Å². The molecule has 0 heterocycles. The number of hydrogen-bond acceptors (Lipinski definition) is 2. The number of carboxylic acids is 1. The third-order valence-corrected chi connectivity index (χ3v) is 2.14. The maximum absolute atomic E-state index is 10.6. The molecule has 0 aliphatic carbocycles. The van der Waals surface area contributed by atoms with E-state index in [0.29, 0.717) is 13.0 Å². The first kappa shape index (κ1) is 14.2. The lowest BCUT2D eigenvalue weighted by Gasteiger charge is -2.09. The Balaban J connectivity index is 3.44. The van der Waals surface area contributed by atoms with E-state index in [2.05, 4.69) is 19.1 Å². The van der Waals surface area contributed by atoms with E-state index in [-0.39, 0.29) is 0 Å². The van der Waals surface area contributed by atoms with Gasteiger partial charge in [-0.3, -0.25) is 0 Å². The molecule has 0 aromatic rings. The van der Waals surface area contributed by atoms with Crippen molar-refractivity contribution in [2.75, 3.05) is 6.61 Å². The predicted molar refractivity (Wildman–Crippen MR) is 60.9 cm³/mol. The van der Waals surface area contributed by atoms with Crippen molar-refractivity contribution in [1.82, 2.24) is 0 Å². The highest BCUT2D eigenvalue weighted by atomic mass is 16.5. The molecule has 0 amide bonds. The Labute approximate surface area is 92.1 Å². The number of rotatable bonds is 9. The Morgan fingerprint density at radius 3 is 2.53 bits per heavy atom. The maximum atomic E-state index is 10.6. The van der Waals surface area contributed by atoms with E-state index in [4.69, 9.17) is 9.84 Å². The molecule has 15 heavy (non-hydrogen) atoms. The van der Waals surface area contributed by atoms with Crippen LogP contribution in [-0.2, 0) is 9.53 Å². The van der Waals surface area contributed by atoms with E-state index < -0.39 is 12.1 Å². The summed E-state index contributed by atoms with van der Waals surface area (Å²) in [7, 11) is 0. The molecule has 0 aliphatic rings. The molecule has 0 aromatic carbocycles. The summed E-state index contributed by atoms with van der Waals surface area (Å²) in [5.74, 6) is -0.868. The Kier molecular flexibility index (Phi) is 9.18. The van der Waals surface area contributed by atoms with Gasteiger partial charge in [0.15, 0.2) is 6.10 Å². The second-order valence-corrected chi connectivity index (χ2v) is 3.51. The average Bonchev–Trinajstić information content (AvgIpc) is 2.21. The van der Waals surface area contributed by atoms with Crippen molar-refractivity contribution in [1.29, 1.82) is 0 Å². The topological polar surface area (TPSA) is 46.5 Å². The zero-order valence-electron chi connectivity index (χ0n) is 9.74. The van der Waals surface area contributed by atoms with Gasteiger partial charge in [0.05, 0.1) is 6.61 Å². The summed E-state index contributed by atoms with van der Waals surface area (Å²) in [6.45, 7) is 4.47. The fourth-order valence-electron chi connectivity index (χ4n) is 1.20. The Morgan fingerprint density at radius 2 is 2.00 bits per heavy atom. The minimum Gasteiger partial charge on any atom is -0.479 e. The summed E-state index contributed by atoms with van der Waals surface area (Å²) < 4.78 is 5.21. The van der Waals surface area contributed by atoms with Crippen LogP contribution in [0.3, 0.4) is 0 Å². The van der Waals surface area contributed by atoms with Crippen LogP contribution >= 0.6 is 0 Å². The van der Waals surface area contributed by atoms with Crippen LogP contribution in [0.2, 0.25) is 0 Å². The Bertz CT molecular complexity index is 187. The Hall–Kier alpha value is -0.830. The van der Waals surface area contributed by atoms with Crippen LogP contribution in [0, 0.1) is 0 Å². The molecule has 0 radical (unpaired) electrons. The normalized spacial score (nSPS) is 13.2. The molecule has 0 fully saturated rings. The third kappa shape index (κ3) is 8.18. The van der Waals surface area contributed by atoms with E-state index in [1.165, 1.54) is 12.8 Å². The lowest BCUT2D eigenvalue weighted by Crippen LogP contribution is -2.23. The number of ether oxygens (including phenoxy) is 1. The van der Waals surface area contributed by atoms with Gasteiger partial charge in [-0.25, -0.2) is 4.79 Å². The molecule has 0 bridgehead atoms. The van der Waals surface area contributed by atoms with E-state index in [1.54, 1.807) is 0 Å². The minimum absolute atomic E-state index is 0.493. The van der Waals surface area contributed by atoms with Crippen molar-refractivity contribution in [2.45, 2.75) is 52.1 Å². The third-order valence-electron chi connectivity index (χ3n) is 2.14. The highest BCUT2D eigenvalue weighted by Gasteiger charge is 2.13. The average molecular weight is 214 g/mol. The molecule has 1 N–H and O–H groups in total. The first-order valence-corrected chi connectivity index (χ1v) is 5.71. The molecule has 3 nitrogen and oxygen atoms in total. The summed E-state index contributed by atoms with van der Waals surface area (Å²) in [6.07, 6.45) is 8.39. The molecular weight excluding hydrogens is 192 g/mol. The standard InChI is InChI=1S/C12H22O3/c1-3-5-6-7-8-9-10-15-11(4-2)12(13)14/h7-8,11H,3-6,9-10H2,1-2H3,(H,13,14)/b8-7-. The number of carbonyl (C=O) groups is 1. The van der Waals surface area contributed by atoms with E-state index in [0.717, 1.165) is 12.8 Å². The number of allylic oxidation sites excluding steroid dienone is 1. The lowest BCUT2D eigenvalue weighted by atomic mass is 10.2. The summed E-state index contributed by atoms with van der Waals surface area (Å²) in [5, 5.41) is 8.70. The van der Waals surface area contributed by atoms with Crippen LogP contribution in [-0.4, -0.2) is 23.8 Å². The van der Waals surface area contributed by atoms with Gasteiger partial charge in [0.2, 0.25) is 0 Å². The molecule has 1 atom stereocenters. The molecule has 0 rings (SSSR count).